The molecule has 0 bridgehead atoms. The lowest BCUT2D eigenvalue weighted by molar-refractivity contribution is 0.0164. The molecule has 2 aromatic heterocycles. The molecule has 0 unspecified atom stereocenters. The van der Waals surface area contributed by atoms with Gasteiger partial charge in [-0.1, -0.05) is 12.1 Å². The van der Waals surface area contributed by atoms with Crippen LogP contribution in [0.25, 0.3) is 0 Å². The van der Waals surface area contributed by atoms with Gasteiger partial charge in [0.15, 0.2) is 5.82 Å². The topological polar surface area (TPSA) is 94.7 Å². The highest BCUT2D eigenvalue weighted by Gasteiger charge is 2.27. The van der Waals surface area contributed by atoms with Crippen LogP contribution in [0.1, 0.15) is 40.6 Å². The summed E-state index contributed by atoms with van der Waals surface area (Å²) in [6, 6.07) is 8.80. The van der Waals surface area contributed by atoms with Gasteiger partial charge in [-0.2, -0.15) is 5.26 Å². The number of aryl methyl sites for hydroxylation is 2. The number of halogens is 2. The summed E-state index contributed by atoms with van der Waals surface area (Å²) in [5.74, 6) is -2.22. The van der Waals surface area contributed by atoms with Gasteiger partial charge in [-0.3, -0.25) is 4.98 Å². The predicted octanol–water partition coefficient (Wildman–Crippen LogP) is 4.18. The number of aromatic nitrogens is 3. The number of nitrogens with zero attached hydrogens (tertiary/aromatic N) is 4. The normalized spacial score (nSPS) is 11.2. The number of pyridine rings is 1. The molecule has 2 heterocycles. The molecule has 0 atom stereocenters. The molecule has 6 nitrogen and oxygen atoms in total. The first-order chi connectivity index (χ1) is 14.3. The lowest BCUT2D eigenvalue weighted by Crippen LogP contribution is -2.12. The van der Waals surface area contributed by atoms with Gasteiger partial charge >= 0.3 is 0 Å². The summed E-state index contributed by atoms with van der Waals surface area (Å²) < 4.78 is 27.6. The van der Waals surface area contributed by atoms with Gasteiger partial charge in [0.2, 0.25) is 0 Å². The number of hydrogen-bond donors (Lipinski definition) is 2. The van der Waals surface area contributed by atoms with Crippen molar-refractivity contribution in [2.75, 3.05) is 5.32 Å². The molecular formula is C22H21F2N5O. The lowest BCUT2D eigenvalue weighted by Gasteiger charge is -2.15. The fraction of sp³-hybridized carbons (Fsp3) is 0.273. The number of anilines is 2. The van der Waals surface area contributed by atoms with Crippen molar-refractivity contribution < 1.29 is 13.9 Å². The molecule has 3 rings (SSSR count). The molecule has 0 aliphatic rings. The molecule has 0 aliphatic heterocycles. The number of aliphatic hydroxyl groups excluding tert-OH is 1. The van der Waals surface area contributed by atoms with Crippen molar-refractivity contribution in [3.8, 4) is 6.07 Å². The Kier molecular flexibility index (Phi) is 6.33. The highest BCUT2D eigenvalue weighted by Crippen LogP contribution is 2.30. The molecular weight excluding hydrogens is 388 g/mol. The highest BCUT2D eigenvalue weighted by atomic mass is 19.3. The smallest absolute Gasteiger partial charge is 0.270 e. The summed E-state index contributed by atoms with van der Waals surface area (Å²) >= 11 is 0. The van der Waals surface area contributed by atoms with Crippen molar-refractivity contribution in [1.29, 1.82) is 5.26 Å². The zero-order chi connectivity index (χ0) is 21.7. The van der Waals surface area contributed by atoms with Crippen molar-refractivity contribution >= 4 is 11.5 Å². The van der Waals surface area contributed by atoms with Crippen LogP contribution in [-0.4, -0.2) is 20.1 Å². The first-order valence-corrected chi connectivity index (χ1v) is 9.37. The van der Waals surface area contributed by atoms with Crippen molar-refractivity contribution in [2.24, 2.45) is 0 Å². The van der Waals surface area contributed by atoms with E-state index in [2.05, 4.69) is 20.3 Å². The van der Waals surface area contributed by atoms with Crippen LogP contribution in [0.2, 0.25) is 0 Å². The second-order valence-corrected chi connectivity index (χ2v) is 6.95. The van der Waals surface area contributed by atoms with Crippen LogP contribution in [0.5, 0.6) is 0 Å². The SMILES string of the molecule is Cc1c(CO)cccc1Nc1nc(CCc2cnccc2C(C)(F)F)ncc1C#N. The van der Waals surface area contributed by atoms with Crippen LogP contribution < -0.4 is 5.32 Å². The molecule has 2 N–H and O–H groups in total. The van der Waals surface area contributed by atoms with Crippen LogP contribution in [0, 0.1) is 18.3 Å². The van der Waals surface area contributed by atoms with Crippen LogP contribution in [0.15, 0.2) is 42.9 Å². The molecule has 0 amide bonds. The van der Waals surface area contributed by atoms with Gasteiger partial charge in [0.1, 0.15) is 17.5 Å². The van der Waals surface area contributed by atoms with Crippen molar-refractivity contribution in [1.82, 2.24) is 15.0 Å². The molecule has 8 heteroatoms. The van der Waals surface area contributed by atoms with Gasteiger partial charge in [0.25, 0.3) is 5.92 Å². The van der Waals surface area contributed by atoms with Gasteiger partial charge in [0.05, 0.1) is 12.8 Å². The largest absolute Gasteiger partial charge is 0.392 e. The Morgan fingerprint density at radius 3 is 2.67 bits per heavy atom. The monoisotopic (exact) mass is 409 g/mol. The van der Waals surface area contributed by atoms with E-state index in [-0.39, 0.29) is 24.2 Å². The van der Waals surface area contributed by atoms with Crippen molar-refractivity contribution in [3.05, 3.63) is 76.5 Å². The molecule has 0 fully saturated rings. The molecule has 0 spiro atoms. The van der Waals surface area contributed by atoms with Gasteiger partial charge in [-0.15, -0.1) is 0 Å². The van der Waals surface area contributed by atoms with E-state index >= 15 is 0 Å². The number of aliphatic hydroxyl groups is 1. The van der Waals surface area contributed by atoms with Crippen LogP contribution in [0.3, 0.4) is 0 Å². The maximum absolute atomic E-state index is 13.8. The number of nitrogens with one attached hydrogen (secondary N) is 1. The van der Waals surface area contributed by atoms with Crippen LogP contribution in [0.4, 0.5) is 20.3 Å². The van der Waals surface area contributed by atoms with E-state index in [1.807, 2.05) is 25.1 Å². The Balaban J connectivity index is 1.85. The van der Waals surface area contributed by atoms with Crippen LogP contribution in [-0.2, 0) is 25.4 Å². The summed E-state index contributed by atoms with van der Waals surface area (Å²) in [7, 11) is 0. The highest BCUT2D eigenvalue weighted by molar-refractivity contribution is 5.66. The average Bonchev–Trinajstić information content (AvgIpc) is 2.73. The molecule has 0 aliphatic carbocycles. The van der Waals surface area contributed by atoms with E-state index in [0.29, 0.717) is 29.3 Å². The molecule has 0 saturated heterocycles. The molecule has 154 valence electrons. The van der Waals surface area contributed by atoms with Crippen molar-refractivity contribution in [3.63, 3.8) is 0 Å². The van der Waals surface area contributed by atoms with Gasteiger partial charge in [0, 0.05) is 37.0 Å². The number of hydrogen-bond acceptors (Lipinski definition) is 6. The summed E-state index contributed by atoms with van der Waals surface area (Å²) in [6.45, 7) is 2.61. The number of alkyl halides is 2. The summed E-state index contributed by atoms with van der Waals surface area (Å²) in [4.78, 5) is 12.6. The minimum absolute atomic E-state index is 0.0686. The van der Waals surface area contributed by atoms with E-state index in [1.165, 1.54) is 24.7 Å². The zero-order valence-electron chi connectivity index (χ0n) is 16.7. The second-order valence-electron chi connectivity index (χ2n) is 6.95. The first kappa shape index (κ1) is 21.3. The maximum atomic E-state index is 13.8. The van der Waals surface area contributed by atoms with E-state index in [4.69, 9.17) is 0 Å². The van der Waals surface area contributed by atoms with Crippen molar-refractivity contribution in [2.45, 2.75) is 39.2 Å². The Labute approximate surface area is 173 Å². The molecule has 0 saturated carbocycles. The summed E-state index contributed by atoms with van der Waals surface area (Å²) in [5, 5.41) is 22.0. The number of nitriles is 1. The van der Waals surface area contributed by atoms with Gasteiger partial charge in [-0.05, 0) is 42.2 Å². The Morgan fingerprint density at radius 1 is 1.17 bits per heavy atom. The lowest BCUT2D eigenvalue weighted by atomic mass is 10.0. The fourth-order valence-corrected chi connectivity index (χ4v) is 3.13. The first-order valence-electron chi connectivity index (χ1n) is 9.37. The Bertz CT molecular complexity index is 1090. The summed E-state index contributed by atoms with van der Waals surface area (Å²) in [6.07, 6.45) is 4.79. The quantitative estimate of drug-likeness (QED) is 0.608. The van der Waals surface area contributed by atoms with Crippen LogP contribution >= 0.6 is 0 Å². The van der Waals surface area contributed by atoms with E-state index in [0.717, 1.165) is 18.1 Å². The average molecular weight is 409 g/mol. The number of benzene rings is 1. The van der Waals surface area contributed by atoms with E-state index in [1.54, 1.807) is 6.07 Å². The van der Waals surface area contributed by atoms with Gasteiger partial charge in [-0.25, -0.2) is 18.7 Å². The minimum Gasteiger partial charge on any atom is -0.392 e. The van der Waals surface area contributed by atoms with Gasteiger partial charge < -0.3 is 10.4 Å². The second kappa shape index (κ2) is 8.93. The van der Waals surface area contributed by atoms with E-state index < -0.39 is 5.92 Å². The molecule has 0 radical (unpaired) electrons. The third-order valence-corrected chi connectivity index (χ3v) is 4.82. The Morgan fingerprint density at radius 2 is 1.97 bits per heavy atom. The standard InChI is InChI=1S/C22H21F2N5O/c1-14-16(13-30)4-3-5-19(14)28-21-17(10-25)12-27-20(29-21)7-6-15-11-26-9-8-18(15)22(2,23)24/h3-5,8-9,11-12,30H,6-7,13H2,1-2H3,(H,27,28,29). The molecule has 30 heavy (non-hydrogen) atoms. The summed E-state index contributed by atoms with van der Waals surface area (Å²) in [5.41, 5.74) is 2.93. The predicted molar refractivity (Wildman–Crippen MR) is 108 cm³/mol. The third-order valence-electron chi connectivity index (χ3n) is 4.82. The minimum atomic E-state index is -2.97. The maximum Gasteiger partial charge on any atom is 0.270 e. The van der Waals surface area contributed by atoms with E-state index in [9.17, 15) is 19.1 Å². The number of rotatable bonds is 7. The molecule has 3 aromatic rings. The zero-order valence-corrected chi connectivity index (χ0v) is 16.7. The third kappa shape index (κ3) is 4.75. The Hall–Kier alpha value is -3.44. The fourth-order valence-electron chi connectivity index (χ4n) is 3.13. The molecule has 1 aromatic carbocycles.